The molecule has 0 unspecified atom stereocenters. The van der Waals surface area contributed by atoms with Gasteiger partial charge in [-0.3, -0.25) is 4.79 Å². The quantitative estimate of drug-likeness (QED) is 0.251. The fourth-order valence-corrected chi connectivity index (χ4v) is 5.35. The van der Waals surface area contributed by atoms with Gasteiger partial charge in [0.15, 0.2) is 5.78 Å². The summed E-state index contributed by atoms with van der Waals surface area (Å²) in [5, 5.41) is 19.0. The van der Waals surface area contributed by atoms with Crippen LogP contribution in [0.3, 0.4) is 0 Å². The van der Waals surface area contributed by atoms with Crippen molar-refractivity contribution in [2.45, 2.75) is 70.6 Å². The number of rotatable bonds is 7. The largest absolute Gasteiger partial charge is 0.507 e. The zero-order valence-electron chi connectivity index (χ0n) is 19.0. The Kier molecular flexibility index (Phi) is 6.78. The molecule has 0 saturated heterocycles. The van der Waals surface area contributed by atoms with Crippen LogP contribution in [0.4, 0.5) is 5.69 Å². The lowest BCUT2D eigenvalue weighted by Gasteiger charge is -2.29. The SMILES string of the molecule is CCCCCCC1CCC(c2ccc(-c3cc(N)c4c(c3O)C(=N)C=CC4=O)cc2)CC1. The summed E-state index contributed by atoms with van der Waals surface area (Å²) >= 11 is 0. The fraction of sp³-hybridized carbons (Fsp3) is 0.429. The molecule has 0 heterocycles. The Morgan fingerprint density at radius 3 is 2.41 bits per heavy atom. The van der Waals surface area contributed by atoms with Gasteiger partial charge in [0.25, 0.3) is 0 Å². The van der Waals surface area contributed by atoms with Crippen LogP contribution in [0.15, 0.2) is 42.5 Å². The first-order chi connectivity index (χ1) is 15.5. The third-order valence-electron chi connectivity index (χ3n) is 7.25. The van der Waals surface area contributed by atoms with E-state index in [0.717, 1.165) is 11.5 Å². The van der Waals surface area contributed by atoms with Gasteiger partial charge in [0.1, 0.15) is 5.75 Å². The van der Waals surface area contributed by atoms with Crippen LogP contribution in [-0.2, 0) is 0 Å². The number of carbonyl (C=O) groups excluding carboxylic acids is 1. The molecule has 2 aromatic carbocycles. The summed E-state index contributed by atoms with van der Waals surface area (Å²) in [6.45, 7) is 2.27. The number of hydrogen-bond acceptors (Lipinski definition) is 4. The van der Waals surface area contributed by atoms with Gasteiger partial charge in [-0.2, -0.15) is 0 Å². The molecule has 2 aromatic rings. The van der Waals surface area contributed by atoms with Crippen LogP contribution >= 0.6 is 0 Å². The second kappa shape index (κ2) is 9.72. The van der Waals surface area contributed by atoms with Gasteiger partial charge in [0, 0.05) is 11.3 Å². The molecule has 4 nitrogen and oxygen atoms in total. The van der Waals surface area contributed by atoms with Crippen molar-refractivity contribution in [2.75, 3.05) is 5.73 Å². The van der Waals surface area contributed by atoms with E-state index in [1.54, 1.807) is 6.07 Å². The molecule has 0 spiro atoms. The number of allylic oxidation sites excluding steroid dienone is 2. The lowest BCUT2D eigenvalue weighted by atomic mass is 9.77. The number of phenols is 1. The number of hydrogen-bond donors (Lipinski definition) is 3. The van der Waals surface area contributed by atoms with Crippen LogP contribution in [0.25, 0.3) is 11.1 Å². The molecule has 0 amide bonds. The van der Waals surface area contributed by atoms with E-state index in [4.69, 9.17) is 11.1 Å². The predicted octanol–water partition coefficient (Wildman–Crippen LogP) is 7.01. The maximum Gasteiger partial charge on any atom is 0.188 e. The Morgan fingerprint density at radius 1 is 1.00 bits per heavy atom. The van der Waals surface area contributed by atoms with Crippen molar-refractivity contribution >= 4 is 17.2 Å². The van der Waals surface area contributed by atoms with E-state index in [9.17, 15) is 9.90 Å². The predicted molar refractivity (Wildman–Crippen MR) is 132 cm³/mol. The molecule has 2 aliphatic rings. The highest BCUT2D eigenvalue weighted by molar-refractivity contribution is 6.26. The van der Waals surface area contributed by atoms with Crippen LogP contribution < -0.4 is 5.73 Å². The third-order valence-corrected chi connectivity index (χ3v) is 7.25. The number of aromatic hydroxyl groups is 1. The van der Waals surface area contributed by atoms with Gasteiger partial charge >= 0.3 is 0 Å². The molecule has 1 saturated carbocycles. The Hall–Kier alpha value is -2.88. The summed E-state index contributed by atoms with van der Waals surface area (Å²) in [7, 11) is 0. The molecule has 4 heteroatoms. The van der Waals surface area contributed by atoms with Gasteiger partial charge in [0.05, 0.1) is 16.8 Å². The molecular formula is C28H34N2O2. The van der Waals surface area contributed by atoms with E-state index in [1.807, 2.05) is 12.1 Å². The third kappa shape index (κ3) is 4.50. The number of ketones is 1. The minimum Gasteiger partial charge on any atom is -0.507 e. The zero-order valence-corrected chi connectivity index (χ0v) is 19.0. The monoisotopic (exact) mass is 430 g/mol. The number of fused-ring (bicyclic) bond motifs is 1. The van der Waals surface area contributed by atoms with Crippen LogP contribution in [0, 0.1) is 11.3 Å². The van der Waals surface area contributed by atoms with E-state index in [0.29, 0.717) is 17.2 Å². The summed E-state index contributed by atoms with van der Waals surface area (Å²) in [4.78, 5) is 12.2. The highest BCUT2D eigenvalue weighted by Gasteiger charge is 2.26. The number of unbranched alkanes of at least 4 members (excludes halogenated alkanes) is 3. The topological polar surface area (TPSA) is 87.2 Å². The van der Waals surface area contributed by atoms with Crippen molar-refractivity contribution in [1.29, 1.82) is 5.41 Å². The van der Waals surface area contributed by atoms with Crippen molar-refractivity contribution in [3.05, 3.63) is 59.2 Å². The molecule has 0 aromatic heterocycles. The zero-order chi connectivity index (χ0) is 22.7. The summed E-state index contributed by atoms with van der Waals surface area (Å²) in [5.74, 6) is 1.18. The number of benzene rings is 2. The molecule has 4 N–H and O–H groups in total. The lowest BCUT2D eigenvalue weighted by molar-refractivity contribution is 0.104. The van der Waals surface area contributed by atoms with E-state index in [1.165, 1.54) is 75.5 Å². The molecule has 0 radical (unpaired) electrons. The molecule has 168 valence electrons. The van der Waals surface area contributed by atoms with Gasteiger partial charge in [-0.15, -0.1) is 0 Å². The lowest BCUT2D eigenvalue weighted by Crippen LogP contribution is -2.15. The average Bonchev–Trinajstić information content (AvgIpc) is 2.81. The van der Waals surface area contributed by atoms with Gasteiger partial charge in [-0.25, -0.2) is 0 Å². The van der Waals surface area contributed by atoms with E-state index >= 15 is 0 Å². The molecule has 4 rings (SSSR count). The second-order valence-corrected chi connectivity index (χ2v) is 9.41. The van der Waals surface area contributed by atoms with Gasteiger partial charge in [-0.1, -0.05) is 63.3 Å². The molecular weight excluding hydrogens is 396 g/mol. The smallest absolute Gasteiger partial charge is 0.188 e. The number of phenolic OH excluding ortho intramolecular Hbond substituents is 1. The minimum atomic E-state index is -0.272. The van der Waals surface area contributed by atoms with Gasteiger partial charge < -0.3 is 16.2 Å². The first-order valence-corrected chi connectivity index (χ1v) is 12.1. The maximum absolute atomic E-state index is 12.2. The normalized spacial score (nSPS) is 20.4. The van der Waals surface area contributed by atoms with E-state index in [2.05, 4.69) is 19.1 Å². The average molecular weight is 431 g/mol. The molecule has 32 heavy (non-hydrogen) atoms. The highest BCUT2D eigenvalue weighted by Crippen LogP contribution is 2.41. The fourth-order valence-electron chi connectivity index (χ4n) is 5.35. The number of nitrogens with two attached hydrogens (primary N) is 1. The van der Waals surface area contributed by atoms with Crippen molar-refractivity contribution in [3.8, 4) is 16.9 Å². The maximum atomic E-state index is 12.2. The minimum absolute atomic E-state index is 0.0479. The molecule has 1 fully saturated rings. The molecule has 0 aliphatic heterocycles. The molecule has 0 atom stereocenters. The van der Waals surface area contributed by atoms with Crippen LogP contribution in [0.1, 0.15) is 92.1 Å². The van der Waals surface area contributed by atoms with Crippen molar-refractivity contribution in [2.24, 2.45) is 5.92 Å². The highest BCUT2D eigenvalue weighted by atomic mass is 16.3. The van der Waals surface area contributed by atoms with Crippen molar-refractivity contribution < 1.29 is 9.90 Å². The Morgan fingerprint density at radius 2 is 1.72 bits per heavy atom. The van der Waals surface area contributed by atoms with Crippen molar-refractivity contribution in [1.82, 2.24) is 0 Å². The summed E-state index contributed by atoms with van der Waals surface area (Å²) < 4.78 is 0. The Bertz CT molecular complexity index is 1030. The van der Waals surface area contributed by atoms with Crippen LogP contribution in [0.5, 0.6) is 5.75 Å². The van der Waals surface area contributed by atoms with Crippen LogP contribution in [-0.4, -0.2) is 16.6 Å². The first kappa shape index (κ1) is 22.3. The number of anilines is 1. The molecule has 0 bridgehead atoms. The van der Waals surface area contributed by atoms with Gasteiger partial charge in [0.2, 0.25) is 0 Å². The van der Waals surface area contributed by atoms with E-state index < -0.39 is 0 Å². The summed E-state index contributed by atoms with van der Waals surface area (Å²) in [6, 6.07) is 10.0. The van der Waals surface area contributed by atoms with Crippen molar-refractivity contribution in [3.63, 3.8) is 0 Å². The number of nitrogens with one attached hydrogen (secondary N) is 1. The Labute approximate surface area is 191 Å². The number of carbonyl (C=O) groups is 1. The van der Waals surface area contributed by atoms with Crippen LogP contribution in [0.2, 0.25) is 0 Å². The van der Waals surface area contributed by atoms with E-state index in [-0.39, 0.29) is 28.4 Å². The standard InChI is InChI=1S/C28H34N2O2/c1-2-3-4-5-6-18-7-9-19(10-8-18)20-11-13-21(14-12-20)22-17-24(30)26-25(31)16-15-23(29)27(26)28(22)32/h11-19,29,32H,2-10,30H2,1H3. The summed E-state index contributed by atoms with van der Waals surface area (Å²) in [5.41, 5.74) is 9.78. The second-order valence-electron chi connectivity index (χ2n) is 9.41. The first-order valence-electron chi connectivity index (χ1n) is 12.1. The Balaban J connectivity index is 1.46. The number of nitrogen functional groups attached to an aromatic ring is 1. The van der Waals surface area contributed by atoms with Gasteiger partial charge in [-0.05, 0) is 66.9 Å². The molecule has 2 aliphatic carbocycles. The summed E-state index contributed by atoms with van der Waals surface area (Å²) in [6.07, 6.45) is 14.7.